The van der Waals surface area contributed by atoms with Crippen LogP contribution in [0, 0.1) is 5.92 Å². The fourth-order valence-electron chi connectivity index (χ4n) is 2.78. The lowest BCUT2D eigenvalue weighted by molar-refractivity contribution is 0.217. The Balaban J connectivity index is 1.99. The van der Waals surface area contributed by atoms with Gasteiger partial charge in [0.2, 0.25) is 17.8 Å². The molecular formula is C14H27N7. The van der Waals surface area contributed by atoms with E-state index in [1.165, 1.54) is 19.4 Å². The van der Waals surface area contributed by atoms with Crippen LogP contribution in [0.15, 0.2) is 0 Å². The van der Waals surface area contributed by atoms with Crippen molar-refractivity contribution in [2.75, 3.05) is 55.7 Å². The van der Waals surface area contributed by atoms with Crippen LogP contribution in [0.4, 0.5) is 17.8 Å². The summed E-state index contributed by atoms with van der Waals surface area (Å²) >= 11 is 0. The van der Waals surface area contributed by atoms with E-state index in [2.05, 4.69) is 51.0 Å². The van der Waals surface area contributed by atoms with Crippen molar-refractivity contribution in [1.29, 1.82) is 0 Å². The summed E-state index contributed by atoms with van der Waals surface area (Å²) in [5.74, 6) is 2.14. The molecule has 2 rings (SSSR count). The molecule has 1 fully saturated rings. The second kappa shape index (κ2) is 7.40. The highest BCUT2D eigenvalue weighted by Crippen LogP contribution is 2.16. The predicted molar refractivity (Wildman–Crippen MR) is 86.5 cm³/mol. The molecular weight excluding hydrogens is 266 g/mol. The van der Waals surface area contributed by atoms with Crippen molar-refractivity contribution in [2.24, 2.45) is 5.92 Å². The van der Waals surface area contributed by atoms with Gasteiger partial charge in [0, 0.05) is 26.2 Å². The quantitative estimate of drug-likeness (QED) is 0.811. The monoisotopic (exact) mass is 293 g/mol. The van der Waals surface area contributed by atoms with Crippen LogP contribution < -0.4 is 16.0 Å². The zero-order valence-electron chi connectivity index (χ0n) is 13.3. The highest BCUT2D eigenvalue weighted by Gasteiger charge is 2.17. The van der Waals surface area contributed by atoms with Crippen LogP contribution >= 0.6 is 0 Å². The third-order valence-corrected chi connectivity index (χ3v) is 3.96. The first kappa shape index (κ1) is 15.8. The van der Waals surface area contributed by atoms with E-state index in [9.17, 15) is 0 Å². The Morgan fingerprint density at radius 1 is 1.29 bits per heavy atom. The number of rotatable bonds is 6. The molecule has 0 radical (unpaired) electrons. The van der Waals surface area contributed by atoms with E-state index in [0.29, 0.717) is 17.8 Å². The molecule has 21 heavy (non-hydrogen) atoms. The van der Waals surface area contributed by atoms with E-state index < -0.39 is 0 Å². The lowest BCUT2D eigenvalue weighted by Gasteiger charge is -2.29. The molecule has 0 aliphatic carbocycles. The summed E-state index contributed by atoms with van der Waals surface area (Å²) in [6.07, 6.45) is 2.51. The highest BCUT2D eigenvalue weighted by atomic mass is 15.3. The number of hydrogen-bond donors (Lipinski definition) is 2. The number of nitrogen functional groups attached to an aromatic ring is 1. The SMILES string of the molecule is CCN(CC)c1nc(N)nc(NCC2CCCN(C)C2)n1. The van der Waals surface area contributed by atoms with Crippen LogP contribution in [-0.2, 0) is 0 Å². The molecule has 1 aliphatic rings. The van der Waals surface area contributed by atoms with Crippen LogP contribution in [0.3, 0.4) is 0 Å². The summed E-state index contributed by atoms with van der Waals surface area (Å²) in [4.78, 5) is 17.3. The van der Waals surface area contributed by atoms with Crippen LogP contribution in [0.5, 0.6) is 0 Å². The molecule has 1 aromatic heterocycles. The minimum absolute atomic E-state index is 0.273. The molecule has 118 valence electrons. The van der Waals surface area contributed by atoms with Gasteiger partial charge in [-0.25, -0.2) is 0 Å². The Kier molecular flexibility index (Phi) is 5.55. The normalized spacial score (nSPS) is 19.5. The summed E-state index contributed by atoms with van der Waals surface area (Å²) in [6, 6.07) is 0. The molecule has 1 saturated heterocycles. The van der Waals surface area contributed by atoms with Crippen molar-refractivity contribution in [3.8, 4) is 0 Å². The average molecular weight is 293 g/mol. The zero-order valence-corrected chi connectivity index (χ0v) is 13.3. The summed E-state index contributed by atoms with van der Waals surface area (Å²) in [6.45, 7) is 9.06. The molecule has 7 heteroatoms. The minimum Gasteiger partial charge on any atom is -0.368 e. The molecule has 1 aliphatic heterocycles. The maximum absolute atomic E-state index is 5.80. The second-order valence-corrected chi connectivity index (χ2v) is 5.64. The van der Waals surface area contributed by atoms with Crippen molar-refractivity contribution in [2.45, 2.75) is 26.7 Å². The van der Waals surface area contributed by atoms with Gasteiger partial charge in [0.15, 0.2) is 0 Å². The van der Waals surface area contributed by atoms with Gasteiger partial charge < -0.3 is 20.9 Å². The number of nitrogens with zero attached hydrogens (tertiary/aromatic N) is 5. The van der Waals surface area contributed by atoms with Crippen LogP contribution in [-0.4, -0.2) is 59.6 Å². The number of nitrogens with two attached hydrogens (primary N) is 1. The van der Waals surface area contributed by atoms with Gasteiger partial charge in [-0.1, -0.05) is 0 Å². The van der Waals surface area contributed by atoms with Gasteiger partial charge in [0.25, 0.3) is 0 Å². The third kappa shape index (κ3) is 4.42. The van der Waals surface area contributed by atoms with E-state index in [0.717, 1.165) is 26.2 Å². The molecule has 1 aromatic rings. The lowest BCUT2D eigenvalue weighted by atomic mass is 9.99. The van der Waals surface area contributed by atoms with E-state index in [1.807, 2.05) is 0 Å². The first-order valence-corrected chi connectivity index (χ1v) is 7.81. The van der Waals surface area contributed by atoms with E-state index >= 15 is 0 Å². The first-order chi connectivity index (χ1) is 10.1. The topological polar surface area (TPSA) is 83.2 Å². The summed E-state index contributed by atoms with van der Waals surface area (Å²) < 4.78 is 0. The fraction of sp³-hybridized carbons (Fsp3) is 0.786. The van der Waals surface area contributed by atoms with E-state index in [1.54, 1.807) is 0 Å². The van der Waals surface area contributed by atoms with Gasteiger partial charge in [-0.05, 0) is 46.2 Å². The second-order valence-electron chi connectivity index (χ2n) is 5.64. The zero-order chi connectivity index (χ0) is 15.2. The molecule has 1 atom stereocenters. The molecule has 3 N–H and O–H groups in total. The minimum atomic E-state index is 0.273. The number of piperidine rings is 1. The molecule has 2 heterocycles. The van der Waals surface area contributed by atoms with Crippen molar-refractivity contribution >= 4 is 17.8 Å². The van der Waals surface area contributed by atoms with Crippen LogP contribution in [0.2, 0.25) is 0 Å². The maximum Gasteiger partial charge on any atom is 0.231 e. The summed E-state index contributed by atoms with van der Waals surface area (Å²) in [7, 11) is 2.17. The van der Waals surface area contributed by atoms with E-state index in [4.69, 9.17) is 5.73 Å². The third-order valence-electron chi connectivity index (χ3n) is 3.96. The molecule has 0 amide bonds. The largest absolute Gasteiger partial charge is 0.368 e. The molecule has 0 aromatic carbocycles. The van der Waals surface area contributed by atoms with Crippen molar-refractivity contribution < 1.29 is 0 Å². The van der Waals surface area contributed by atoms with Gasteiger partial charge in [-0.15, -0.1) is 0 Å². The average Bonchev–Trinajstić information content (AvgIpc) is 2.46. The van der Waals surface area contributed by atoms with Crippen molar-refractivity contribution in [1.82, 2.24) is 19.9 Å². The van der Waals surface area contributed by atoms with Crippen molar-refractivity contribution in [3.63, 3.8) is 0 Å². The molecule has 7 nitrogen and oxygen atoms in total. The number of likely N-dealkylation sites (tertiary alicyclic amines) is 1. The van der Waals surface area contributed by atoms with Gasteiger partial charge >= 0.3 is 0 Å². The number of hydrogen-bond acceptors (Lipinski definition) is 7. The number of nitrogens with one attached hydrogen (secondary N) is 1. The van der Waals surface area contributed by atoms with Gasteiger partial charge in [-0.3, -0.25) is 0 Å². The molecule has 0 saturated carbocycles. The molecule has 1 unspecified atom stereocenters. The van der Waals surface area contributed by atoms with E-state index in [-0.39, 0.29) is 5.95 Å². The summed E-state index contributed by atoms with van der Waals surface area (Å²) in [5.41, 5.74) is 5.80. The Labute approximate surface area is 127 Å². The van der Waals surface area contributed by atoms with Gasteiger partial charge in [0.1, 0.15) is 0 Å². The Bertz CT molecular complexity index is 447. The molecule has 0 bridgehead atoms. The van der Waals surface area contributed by atoms with Gasteiger partial charge in [-0.2, -0.15) is 15.0 Å². The predicted octanol–water partition coefficient (Wildman–Crippen LogP) is 1.05. The lowest BCUT2D eigenvalue weighted by Crippen LogP contribution is -2.35. The highest BCUT2D eigenvalue weighted by molar-refractivity contribution is 5.41. The Morgan fingerprint density at radius 2 is 2.05 bits per heavy atom. The van der Waals surface area contributed by atoms with Gasteiger partial charge in [0.05, 0.1) is 0 Å². The van der Waals surface area contributed by atoms with Crippen LogP contribution in [0.25, 0.3) is 0 Å². The smallest absolute Gasteiger partial charge is 0.231 e. The Hall–Kier alpha value is -1.63. The standard InChI is InChI=1S/C14H27N7/c1-4-21(5-2)14-18-12(15)17-13(19-14)16-9-11-7-6-8-20(3)10-11/h11H,4-10H2,1-3H3,(H3,15,16,17,18,19). The van der Waals surface area contributed by atoms with Crippen LogP contribution in [0.1, 0.15) is 26.7 Å². The summed E-state index contributed by atoms with van der Waals surface area (Å²) in [5, 5.41) is 3.32. The number of aromatic nitrogens is 3. The first-order valence-electron chi connectivity index (χ1n) is 7.81. The van der Waals surface area contributed by atoms with Crippen molar-refractivity contribution in [3.05, 3.63) is 0 Å². The fourth-order valence-corrected chi connectivity index (χ4v) is 2.78. The Morgan fingerprint density at radius 3 is 2.71 bits per heavy atom. The number of anilines is 3. The molecule has 0 spiro atoms. The maximum atomic E-state index is 5.80.